The molecule has 2 aromatic heterocycles. The molecule has 0 aliphatic carbocycles. The van der Waals surface area contributed by atoms with Crippen LogP contribution in [0.2, 0.25) is 4.34 Å². The second-order valence-corrected chi connectivity index (χ2v) is 7.85. The van der Waals surface area contributed by atoms with Crippen molar-refractivity contribution >= 4 is 34.3 Å². The fraction of sp³-hybridized carbons (Fsp3) is 0.467. The van der Waals surface area contributed by atoms with E-state index in [1.807, 2.05) is 6.07 Å². The highest BCUT2D eigenvalue weighted by molar-refractivity contribution is 7.16. The summed E-state index contributed by atoms with van der Waals surface area (Å²) in [5.41, 5.74) is 0. The van der Waals surface area contributed by atoms with Gasteiger partial charge in [-0.25, -0.2) is 0 Å². The van der Waals surface area contributed by atoms with Crippen LogP contribution in [0.15, 0.2) is 29.6 Å². The molecule has 0 aromatic carbocycles. The molecule has 2 unspecified atom stereocenters. The number of aliphatic hydroxyl groups excluding tert-OH is 1. The van der Waals surface area contributed by atoms with E-state index in [0.29, 0.717) is 5.92 Å². The molecule has 5 heteroatoms. The molecule has 2 N–H and O–H groups in total. The summed E-state index contributed by atoms with van der Waals surface area (Å²) in [5, 5.41) is 15.0. The summed E-state index contributed by atoms with van der Waals surface area (Å²) in [7, 11) is 0. The molecule has 2 rings (SSSR count). The van der Waals surface area contributed by atoms with Crippen LogP contribution in [0.25, 0.3) is 0 Å². The van der Waals surface area contributed by atoms with Crippen LogP contribution in [0.5, 0.6) is 0 Å². The van der Waals surface area contributed by atoms with Crippen molar-refractivity contribution in [1.29, 1.82) is 0 Å². The summed E-state index contributed by atoms with van der Waals surface area (Å²) in [4.78, 5) is 2.51. The van der Waals surface area contributed by atoms with Crippen molar-refractivity contribution in [3.63, 3.8) is 0 Å². The lowest BCUT2D eigenvalue weighted by Crippen LogP contribution is -2.37. The van der Waals surface area contributed by atoms with Crippen molar-refractivity contribution in [2.24, 2.45) is 5.92 Å². The van der Waals surface area contributed by atoms with Crippen molar-refractivity contribution in [3.8, 4) is 0 Å². The van der Waals surface area contributed by atoms with E-state index in [2.05, 4.69) is 42.7 Å². The predicted molar refractivity (Wildman–Crippen MR) is 89.0 cm³/mol. The molecule has 2 aromatic rings. The van der Waals surface area contributed by atoms with Crippen molar-refractivity contribution in [2.75, 3.05) is 6.61 Å². The highest BCUT2D eigenvalue weighted by atomic mass is 35.5. The average molecular weight is 330 g/mol. The molecule has 0 saturated carbocycles. The van der Waals surface area contributed by atoms with E-state index < -0.39 is 0 Å². The second-order valence-electron chi connectivity index (χ2n) is 5.12. The van der Waals surface area contributed by atoms with Gasteiger partial charge in [-0.05, 0) is 35.9 Å². The second kappa shape index (κ2) is 7.57. The van der Waals surface area contributed by atoms with Crippen molar-refractivity contribution in [3.05, 3.63) is 43.7 Å². The molecule has 0 fully saturated rings. The van der Waals surface area contributed by atoms with E-state index in [1.54, 1.807) is 22.7 Å². The van der Waals surface area contributed by atoms with Gasteiger partial charge < -0.3 is 10.4 Å². The quantitative estimate of drug-likeness (QED) is 0.781. The average Bonchev–Trinajstić information content (AvgIpc) is 3.05. The van der Waals surface area contributed by atoms with Crippen molar-refractivity contribution in [1.82, 2.24) is 5.32 Å². The molecule has 0 aliphatic rings. The molecule has 2 nitrogen and oxygen atoms in total. The number of hydrogen-bond acceptors (Lipinski definition) is 4. The molecule has 20 heavy (non-hydrogen) atoms. The molecule has 0 spiro atoms. The Morgan fingerprint density at radius 3 is 2.55 bits per heavy atom. The Bertz CT molecular complexity index is 510. The van der Waals surface area contributed by atoms with E-state index in [4.69, 9.17) is 11.6 Å². The van der Waals surface area contributed by atoms with E-state index >= 15 is 0 Å². The van der Waals surface area contributed by atoms with Gasteiger partial charge in [0.25, 0.3) is 0 Å². The van der Waals surface area contributed by atoms with Gasteiger partial charge in [-0.15, -0.1) is 22.7 Å². The van der Waals surface area contributed by atoms with Crippen molar-refractivity contribution < 1.29 is 5.11 Å². The minimum Gasteiger partial charge on any atom is -0.396 e. The third-order valence-electron chi connectivity index (χ3n) is 3.33. The molecule has 0 bridgehead atoms. The Morgan fingerprint density at radius 1 is 1.25 bits per heavy atom. The molecular weight excluding hydrogens is 310 g/mol. The summed E-state index contributed by atoms with van der Waals surface area (Å²) in [6.45, 7) is 4.57. The monoisotopic (exact) mass is 329 g/mol. The van der Waals surface area contributed by atoms with Gasteiger partial charge in [-0.1, -0.05) is 31.5 Å². The number of aliphatic hydroxyl groups is 1. The summed E-state index contributed by atoms with van der Waals surface area (Å²) >= 11 is 9.44. The first-order valence-corrected chi connectivity index (χ1v) is 8.84. The van der Waals surface area contributed by atoms with E-state index in [1.165, 1.54) is 9.75 Å². The largest absolute Gasteiger partial charge is 0.396 e. The van der Waals surface area contributed by atoms with Crippen LogP contribution in [0.1, 0.15) is 36.1 Å². The minimum atomic E-state index is 0.159. The Hall–Kier alpha value is -0.390. The molecule has 110 valence electrons. The normalized spacial score (nSPS) is 14.7. The summed E-state index contributed by atoms with van der Waals surface area (Å²) in [6, 6.07) is 8.69. The lowest BCUT2D eigenvalue weighted by molar-refractivity contribution is 0.240. The molecule has 0 saturated heterocycles. The van der Waals surface area contributed by atoms with Crippen LogP contribution >= 0.6 is 34.3 Å². The molecule has 0 radical (unpaired) electrons. The van der Waals surface area contributed by atoms with Gasteiger partial charge in [0.1, 0.15) is 0 Å². The van der Waals surface area contributed by atoms with Gasteiger partial charge in [0.05, 0.1) is 10.4 Å². The van der Waals surface area contributed by atoms with E-state index in [0.717, 1.165) is 10.8 Å². The Morgan fingerprint density at radius 2 is 2.05 bits per heavy atom. The van der Waals surface area contributed by atoms with Gasteiger partial charge in [0.15, 0.2) is 0 Å². The first-order chi connectivity index (χ1) is 9.61. The molecular formula is C15H20ClNOS2. The molecule has 2 atom stereocenters. The Balaban J connectivity index is 2.23. The topological polar surface area (TPSA) is 32.3 Å². The fourth-order valence-corrected chi connectivity index (χ4v) is 4.22. The Labute approximate surface area is 133 Å². The van der Waals surface area contributed by atoms with Crippen LogP contribution in [0.4, 0.5) is 0 Å². The standard InChI is InChI=1S/C15H20ClNOS2/c1-10(2)11(7-8-18)17-15(12-4-3-9-19-12)13-5-6-14(16)20-13/h3-6,9-11,15,17-18H,7-8H2,1-2H3. The van der Waals surface area contributed by atoms with Gasteiger partial charge in [-0.2, -0.15) is 0 Å². The molecule has 2 heterocycles. The van der Waals surface area contributed by atoms with Gasteiger partial charge in [0, 0.05) is 22.4 Å². The number of halogens is 1. The zero-order valence-corrected chi connectivity index (χ0v) is 14.1. The first kappa shape index (κ1) is 16.0. The fourth-order valence-electron chi connectivity index (χ4n) is 2.21. The first-order valence-electron chi connectivity index (χ1n) is 6.77. The highest BCUT2D eigenvalue weighted by Gasteiger charge is 2.22. The smallest absolute Gasteiger partial charge is 0.0931 e. The SMILES string of the molecule is CC(C)C(CCO)NC(c1cccs1)c1ccc(Cl)s1. The van der Waals surface area contributed by atoms with Crippen LogP contribution in [0.3, 0.4) is 0 Å². The maximum atomic E-state index is 9.25. The van der Waals surface area contributed by atoms with Gasteiger partial charge in [-0.3, -0.25) is 0 Å². The third-order valence-corrected chi connectivity index (χ3v) is 5.56. The van der Waals surface area contributed by atoms with Crippen LogP contribution in [-0.2, 0) is 0 Å². The third kappa shape index (κ3) is 4.06. The van der Waals surface area contributed by atoms with Crippen LogP contribution in [0, 0.1) is 5.92 Å². The number of rotatable bonds is 7. The van der Waals surface area contributed by atoms with Gasteiger partial charge in [0.2, 0.25) is 0 Å². The zero-order valence-electron chi connectivity index (χ0n) is 11.7. The summed E-state index contributed by atoms with van der Waals surface area (Å²) in [5.74, 6) is 0.472. The maximum Gasteiger partial charge on any atom is 0.0931 e. The maximum absolute atomic E-state index is 9.25. The van der Waals surface area contributed by atoms with E-state index in [9.17, 15) is 5.11 Å². The number of hydrogen-bond donors (Lipinski definition) is 2. The Kier molecular flexibility index (Phi) is 6.05. The van der Waals surface area contributed by atoms with Crippen LogP contribution in [-0.4, -0.2) is 17.8 Å². The minimum absolute atomic E-state index is 0.159. The van der Waals surface area contributed by atoms with Gasteiger partial charge >= 0.3 is 0 Å². The van der Waals surface area contributed by atoms with Crippen molar-refractivity contribution in [2.45, 2.75) is 32.4 Å². The molecule has 0 amide bonds. The number of thiophene rings is 2. The predicted octanol–water partition coefficient (Wildman–Crippen LogP) is 4.55. The highest BCUT2D eigenvalue weighted by Crippen LogP contribution is 2.34. The lowest BCUT2D eigenvalue weighted by atomic mass is 9.99. The number of nitrogens with one attached hydrogen (secondary N) is 1. The zero-order chi connectivity index (χ0) is 14.5. The van der Waals surface area contributed by atoms with Crippen LogP contribution < -0.4 is 5.32 Å². The summed E-state index contributed by atoms with van der Waals surface area (Å²) < 4.78 is 0.812. The summed E-state index contributed by atoms with van der Waals surface area (Å²) in [6.07, 6.45) is 0.763. The van der Waals surface area contributed by atoms with E-state index in [-0.39, 0.29) is 18.7 Å². The molecule has 0 aliphatic heterocycles. The lowest BCUT2D eigenvalue weighted by Gasteiger charge is -2.27.